The predicted octanol–water partition coefficient (Wildman–Crippen LogP) is 2.78. The van der Waals surface area contributed by atoms with E-state index in [1.807, 2.05) is 26.0 Å². The number of azo groups is 1. The molecule has 3 N–H and O–H groups in total. The number of fused-ring (bicyclic) bond motifs is 1. The van der Waals surface area contributed by atoms with Gasteiger partial charge >= 0.3 is 0 Å². The Morgan fingerprint density at radius 1 is 1.36 bits per heavy atom. The third kappa shape index (κ3) is 4.15. The van der Waals surface area contributed by atoms with Gasteiger partial charge in [0.1, 0.15) is 0 Å². The molecule has 2 heterocycles. The Morgan fingerprint density at radius 3 is 2.88 bits per heavy atom. The summed E-state index contributed by atoms with van der Waals surface area (Å²) in [6, 6.07) is 3.93. The molecule has 7 nitrogen and oxygen atoms in total. The van der Waals surface area contributed by atoms with Crippen molar-refractivity contribution >= 4 is 33.9 Å². The first-order chi connectivity index (χ1) is 12.1. The minimum absolute atomic E-state index is 0.00330. The number of hydrogen-bond acceptors (Lipinski definition) is 5. The van der Waals surface area contributed by atoms with Crippen LogP contribution in [-0.2, 0) is 4.74 Å². The molecule has 0 spiro atoms. The SMILES string of the molecule is Cc1ccc2c(N=NC(=S)NCCN3CCOCC3)c(O)[nH]c2c1C. The molecule has 1 fully saturated rings. The lowest BCUT2D eigenvalue weighted by Gasteiger charge is -2.26. The summed E-state index contributed by atoms with van der Waals surface area (Å²) in [5.41, 5.74) is 3.52. The molecule has 25 heavy (non-hydrogen) atoms. The van der Waals surface area contributed by atoms with Gasteiger partial charge in [-0.1, -0.05) is 12.1 Å². The maximum absolute atomic E-state index is 10.1. The molecule has 1 aliphatic heterocycles. The van der Waals surface area contributed by atoms with Crippen molar-refractivity contribution in [2.24, 2.45) is 10.2 Å². The average molecular weight is 361 g/mol. The van der Waals surface area contributed by atoms with Gasteiger partial charge in [-0.25, -0.2) is 0 Å². The lowest BCUT2D eigenvalue weighted by Crippen LogP contribution is -2.40. The van der Waals surface area contributed by atoms with E-state index in [-0.39, 0.29) is 5.88 Å². The Labute approximate surface area is 152 Å². The van der Waals surface area contributed by atoms with Crippen LogP contribution in [0, 0.1) is 13.8 Å². The van der Waals surface area contributed by atoms with Crippen molar-refractivity contribution in [3.05, 3.63) is 23.3 Å². The molecule has 1 aromatic carbocycles. The normalized spacial score (nSPS) is 15.9. The van der Waals surface area contributed by atoms with Crippen molar-refractivity contribution in [2.75, 3.05) is 39.4 Å². The summed E-state index contributed by atoms with van der Waals surface area (Å²) >= 11 is 5.20. The number of morpholine rings is 1. The fourth-order valence-electron chi connectivity index (χ4n) is 2.86. The van der Waals surface area contributed by atoms with Gasteiger partial charge in [-0.2, -0.15) is 0 Å². The van der Waals surface area contributed by atoms with E-state index >= 15 is 0 Å². The number of aromatic amines is 1. The van der Waals surface area contributed by atoms with E-state index in [1.165, 1.54) is 0 Å². The largest absolute Gasteiger partial charge is 0.493 e. The standard InChI is InChI=1S/C17H23N5O2S/c1-11-3-4-13-14(12(11)2)19-16(23)15(13)20-21-17(25)18-5-6-22-7-9-24-10-8-22/h3-4,19,23H,5-10H2,1-2H3,(H,18,25). The number of H-pyrrole nitrogens is 1. The van der Waals surface area contributed by atoms with Crippen LogP contribution in [-0.4, -0.2) is 59.5 Å². The molecule has 2 aromatic rings. The molecule has 1 aliphatic rings. The third-order valence-corrected chi connectivity index (χ3v) is 4.73. The van der Waals surface area contributed by atoms with Crippen LogP contribution in [0.25, 0.3) is 10.9 Å². The topological polar surface area (TPSA) is 85.2 Å². The van der Waals surface area contributed by atoms with E-state index in [0.29, 0.717) is 17.3 Å². The maximum atomic E-state index is 10.1. The number of aromatic hydroxyl groups is 1. The van der Waals surface area contributed by atoms with Crippen LogP contribution in [0.2, 0.25) is 0 Å². The zero-order valence-electron chi connectivity index (χ0n) is 14.5. The summed E-state index contributed by atoms with van der Waals surface area (Å²) in [5.74, 6) is 0.00330. The molecule has 3 rings (SSSR count). The monoisotopic (exact) mass is 361 g/mol. The predicted molar refractivity (Wildman–Crippen MR) is 102 cm³/mol. The second-order valence-electron chi connectivity index (χ2n) is 6.14. The van der Waals surface area contributed by atoms with Crippen LogP contribution in [0.15, 0.2) is 22.4 Å². The van der Waals surface area contributed by atoms with Crippen molar-refractivity contribution in [3.63, 3.8) is 0 Å². The van der Waals surface area contributed by atoms with E-state index in [1.54, 1.807) is 0 Å². The summed E-state index contributed by atoms with van der Waals surface area (Å²) in [4.78, 5) is 5.28. The number of aryl methyl sites for hydroxylation is 2. The fraction of sp³-hybridized carbons (Fsp3) is 0.471. The lowest BCUT2D eigenvalue weighted by molar-refractivity contribution is 0.0389. The van der Waals surface area contributed by atoms with Crippen molar-refractivity contribution in [3.8, 4) is 5.88 Å². The van der Waals surface area contributed by atoms with Crippen LogP contribution in [0.3, 0.4) is 0 Å². The zero-order valence-corrected chi connectivity index (χ0v) is 15.3. The molecular formula is C17H23N5O2S. The van der Waals surface area contributed by atoms with Gasteiger partial charge < -0.3 is 20.1 Å². The molecule has 0 aliphatic carbocycles. The number of aromatic nitrogens is 1. The van der Waals surface area contributed by atoms with Crippen molar-refractivity contribution in [1.29, 1.82) is 0 Å². The minimum atomic E-state index is 0.00330. The molecule has 134 valence electrons. The molecule has 0 bridgehead atoms. The maximum Gasteiger partial charge on any atom is 0.218 e. The Hall–Kier alpha value is -2.03. The van der Waals surface area contributed by atoms with Crippen molar-refractivity contribution in [2.45, 2.75) is 13.8 Å². The van der Waals surface area contributed by atoms with Crippen LogP contribution >= 0.6 is 12.2 Å². The highest BCUT2D eigenvalue weighted by Crippen LogP contribution is 2.37. The molecule has 0 unspecified atom stereocenters. The van der Waals surface area contributed by atoms with Gasteiger partial charge in [-0.05, 0) is 37.2 Å². The molecule has 8 heteroatoms. The first kappa shape index (κ1) is 17.8. The van der Waals surface area contributed by atoms with Gasteiger partial charge in [0, 0.05) is 31.6 Å². The lowest BCUT2D eigenvalue weighted by atomic mass is 10.1. The summed E-state index contributed by atoms with van der Waals surface area (Å²) in [7, 11) is 0. The number of hydrogen-bond donors (Lipinski definition) is 3. The number of nitrogens with one attached hydrogen (secondary N) is 2. The Morgan fingerprint density at radius 2 is 2.12 bits per heavy atom. The summed E-state index contributed by atoms with van der Waals surface area (Å²) in [6.45, 7) is 9.07. The Bertz CT molecular complexity index is 796. The minimum Gasteiger partial charge on any atom is -0.493 e. The first-order valence-corrected chi connectivity index (χ1v) is 8.77. The second kappa shape index (κ2) is 7.90. The molecule has 0 saturated carbocycles. The van der Waals surface area contributed by atoms with Crippen LogP contribution in [0.4, 0.5) is 5.69 Å². The van der Waals surface area contributed by atoms with E-state index in [0.717, 1.165) is 54.9 Å². The molecule has 0 atom stereocenters. The van der Waals surface area contributed by atoms with E-state index in [2.05, 4.69) is 25.4 Å². The quantitative estimate of drug-likeness (QED) is 0.576. The van der Waals surface area contributed by atoms with Gasteiger partial charge in [-0.15, -0.1) is 10.2 Å². The second-order valence-corrected chi connectivity index (χ2v) is 6.52. The Kier molecular flexibility index (Phi) is 5.62. The van der Waals surface area contributed by atoms with E-state index in [9.17, 15) is 5.11 Å². The van der Waals surface area contributed by atoms with Crippen LogP contribution < -0.4 is 5.32 Å². The number of rotatable bonds is 4. The molecule has 0 amide bonds. The fourth-order valence-corrected chi connectivity index (χ4v) is 3.00. The first-order valence-electron chi connectivity index (χ1n) is 8.37. The van der Waals surface area contributed by atoms with E-state index in [4.69, 9.17) is 17.0 Å². The summed E-state index contributed by atoms with van der Waals surface area (Å²) < 4.78 is 5.32. The van der Waals surface area contributed by atoms with Crippen molar-refractivity contribution < 1.29 is 9.84 Å². The van der Waals surface area contributed by atoms with Gasteiger partial charge in [0.05, 0.1) is 18.7 Å². The highest BCUT2D eigenvalue weighted by Gasteiger charge is 2.13. The van der Waals surface area contributed by atoms with Crippen LogP contribution in [0.5, 0.6) is 5.88 Å². The van der Waals surface area contributed by atoms with Gasteiger partial charge in [-0.3, -0.25) is 4.90 Å². The number of ether oxygens (including phenoxy) is 1. The molecule has 1 saturated heterocycles. The summed E-state index contributed by atoms with van der Waals surface area (Å²) in [6.07, 6.45) is 0. The zero-order chi connectivity index (χ0) is 17.8. The average Bonchev–Trinajstić information content (AvgIpc) is 2.93. The van der Waals surface area contributed by atoms with Gasteiger partial charge in [0.25, 0.3) is 0 Å². The van der Waals surface area contributed by atoms with Gasteiger partial charge in [0.15, 0.2) is 5.69 Å². The highest BCUT2D eigenvalue weighted by atomic mass is 32.1. The Balaban J connectivity index is 1.61. The molecule has 0 radical (unpaired) electrons. The molecule has 1 aromatic heterocycles. The van der Waals surface area contributed by atoms with E-state index < -0.39 is 0 Å². The number of nitrogens with zero attached hydrogens (tertiary/aromatic N) is 3. The smallest absolute Gasteiger partial charge is 0.218 e. The van der Waals surface area contributed by atoms with Crippen LogP contribution in [0.1, 0.15) is 11.1 Å². The third-order valence-electron chi connectivity index (χ3n) is 4.51. The highest BCUT2D eigenvalue weighted by molar-refractivity contribution is 7.80. The molecular weight excluding hydrogens is 338 g/mol. The number of benzene rings is 1. The number of thiocarbonyl (C=S) groups is 1. The summed E-state index contributed by atoms with van der Waals surface area (Å²) in [5, 5.41) is 22.5. The van der Waals surface area contributed by atoms with Crippen molar-refractivity contribution in [1.82, 2.24) is 15.2 Å². The van der Waals surface area contributed by atoms with Gasteiger partial charge in [0.2, 0.25) is 11.0 Å².